The van der Waals surface area contributed by atoms with Crippen LogP contribution < -0.4 is 0 Å². The molecular weight excluding hydrogens is 268 g/mol. The molecule has 0 N–H and O–H groups in total. The fourth-order valence-electron chi connectivity index (χ4n) is 2.22. The highest BCUT2D eigenvalue weighted by molar-refractivity contribution is 8.00. The highest BCUT2D eigenvalue weighted by atomic mass is 32.2. The van der Waals surface area contributed by atoms with Crippen molar-refractivity contribution in [2.24, 2.45) is 0 Å². The summed E-state index contributed by atoms with van der Waals surface area (Å²) in [6, 6.07) is 0. The summed E-state index contributed by atoms with van der Waals surface area (Å²) in [5.74, 6) is 0.814. The Bertz CT molecular complexity index is 239. The van der Waals surface area contributed by atoms with Gasteiger partial charge in [-0.2, -0.15) is 11.8 Å². The van der Waals surface area contributed by atoms with Crippen molar-refractivity contribution in [2.45, 2.75) is 90.2 Å². The summed E-state index contributed by atoms with van der Waals surface area (Å²) < 4.78 is 5.24. The first-order chi connectivity index (χ1) is 9.52. The normalized spacial score (nSPS) is 11.6. The van der Waals surface area contributed by atoms with Crippen LogP contribution in [0.25, 0.3) is 0 Å². The molecule has 3 heteroatoms. The molecule has 20 heavy (non-hydrogen) atoms. The van der Waals surface area contributed by atoms with Crippen molar-refractivity contribution in [2.75, 3.05) is 12.4 Å². The SMILES string of the molecule is CCCCCCCCCC(C)(C)SCCC(=O)OCC. The van der Waals surface area contributed by atoms with E-state index in [2.05, 4.69) is 20.8 Å². The van der Waals surface area contributed by atoms with Crippen molar-refractivity contribution in [1.29, 1.82) is 0 Å². The molecule has 0 aromatic rings. The number of unbranched alkanes of at least 4 members (excludes halogenated alkanes) is 6. The Morgan fingerprint density at radius 3 is 2.20 bits per heavy atom. The Labute approximate surface area is 130 Å². The lowest BCUT2D eigenvalue weighted by Gasteiger charge is -2.23. The van der Waals surface area contributed by atoms with Crippen LogP contribution in [0.15, 0.2) is 0 Å². The second-order valence-corrected chi connectivity index (χ2v) is 7.84. The first kappa shape index (κ1) is 19.8. The van der Waals surface area contributed by atoms with Crippen molar-refractivity contribution in [3.8, 4) is 0 Å². The molecule has 0 heterocycles. The zero-order valence-corrected chi connectivity index (χ0v) is 14.8. The van der Waals surface area contributed by atoms with E-state index in [1.54, 1.807) is 0 Å². The molecule has 0 aliphatic carbocycles. The van der Waals surface area contributed by atoms with Crippen molar-refractivity contribution in [1.82, 2.24) is 0 Å². The fraction of sp³-hybridized carbons (Fsp3) is 0.941. The summed E-state index contributed by atoms with van der Waals surface area (Å²) >= 11 is 1.90. The smallest absolute Gasteiger partial charge is 0.306 e. The van der Waals surface area contributed by atoms with E-state index >= 15 is 0 Å². The van der Waals surface area contributed by atoms with Gasteiger partial charge in [0.15, 0.2) is 0 Å². The summed E-state index contributed by atoms with van der Waals surface area (Å²) in [6.07, 6.45) is 11.3. The second-order valence-electron chi connectivity index (χ2n) is 6.03. The van der Waals surface area contributed by atoms with E-state index in [1.165, 1.54) is 51.4 Å². The van der Waals surface area contributed by atoms with Gasteiger partial charge in [0.2, 0.25) is 0 Å². The zero-order valence-electron chi connectivity index (χ0n) is 14.0. The van der Waals surface area contributed by atoms with Crippen molar-refractivity contribution >= 4 is 17.7 Å². The van der Waals surface area contributed by atoms with Gasteiger partial charge in [0.05, 0.1) is 13.0 Å². The second kappa shape index (κ2) is 12.6. The number of ether oxygens (including phenoxy) is 1. The van der Waals surface area contributed by atoms with Crippen LogP contribution in [-0.4, -0.2) is 23.1 Å². The molecule has 0 atom stereocenters. The minimum Gasteiger partial charge on any atom is -0.466 e. The minimum absolute atomic E-state index is 0.0632. The average Bonchev–Trinajstić information content (AvgIpc) is 2.37. The van der Waals surface area contributed by atoms with Gasteiger partial charge in [-0.1, -0.05) is 65.7 Å². The first-order valence-electron chi connectivity index (χ1n) is 8.31. The van der Waals surface area contributed by atoms with E-state index in [-0.39, 0.29) is 10.7 Å². The number of esters is 1. The van der Waals surface area contributed by atoms with Gasteiger partial charge < -0.3 is 4.74 Å². The molecule has 0 amide bonds. The zero-order chi connectivity index (χ0) is 15.3. The van der Waals surface area contributed by atoms with Gasteiger partial charge in [-0.25, -0.2) is 0 Å². The van der Waals surface area contributed by atoms with Crippen LogP contribution in [0, 0.1) is 0 Å². The Morgan fingerprint density at radius 1 is 1.00 bits per heavy atom. The lowest BCUT2D eigenvalue weighted by Crippen LogP contribution is -2.16. The van der Waals surface area contributed by atoms with E-state index in [0.717, 1.165) is 5.75 Å². The average molecular weight is 303 g/mol. The molecule has 0 aromatic carbocycles. The lowest BCUT2D eigenvalue weighted by atomic mass is 10.0. The van der Waals surface area contributed by atoms with Crippen molar-refractivity contribution in [3.63, 3.8) is 0 Å². The maximum atomic E-state index is 11.3. The van der Waals surface area contributed by atoms with Crippen LogP contribution >= 0.6 is 11.8 Å². The molecule has 0 aliphatic rings. The van der Waals surface area contributed by atoms with Crippen molar-refractivity contribution in [3.05, 3.63) is 0 Å². The maximum Gasteiger partial charge on any atom is 0.306 e. The molecule has 2 nitrogen and oxygen atoms in total. The van der Waals surface area contributed by atoms with Gasteiger partial charge in [-0.05, 0) is 13.3 Å². The Hall–Kier alpha value is -0.180. The summed E-state index contributed by atoms with van der Waals surface area (Å²) in [7, 11) is 0. The fourth-order valence-corrected chi connectivity index (χ4v) is 3.33. The minimum atomic E-state index is -0.0632. The number of rotatable bonds is 13. The van der Waals surface area contributed by atoms with Crippen LogP contribution in [0.1, 0.15) is 85.5 Å². The van der Waals surface area contributed by atoms with Gasteiger partial charge in [-0.15, -0.1) is 0 Å². The summed E-state index contributed by atoms with van der Waals surface area (Å²) in [4.78, 5) is 11.3. The molecule has 0 saturated carbocycles. The maximum absolute atomic E-state index is 11.3. The number of thioether (sulfide) groups is 1. The molecule has 120 valence electrons. The quantitative estimate of drug-likeness (QED) is 0.327. The standard InChI is InChI=1S/C17H34O2S/c1-5-7-8-9-10-11-12-14-17(3,4)20-15-13-16(18)19-6-2/h5-15H2,1-4H3. The monoisotopic (exact) mass is 302 g/mol. The topological polar surface area (TPSA) is 26.3 Å². The van der Waals surface area contributed by atoms with Gasteiger partial charge in [-0.3, -0.25) is 4.79 Å². The Kier molecular flexibility index (Phi) is 12.4. The predicted octanol–water partition coefficient (Wildman–Crippen LogP) is 5.59. The molecule has 0 radical (unpaired) electrons. The molecule has 0 spiro atoms. The largest absolute Gasteiger partial charge is 0.466 e. The van der Waals surface area contributed by atoms with Crippen LogP contribution in [0.5, 0.6) is 0 Å². The molecule has 0 bridgehead atoms. The van der Waals surface area contributed by atoms with E-state index in [4.69, 9.17) is 4.74 Å². The molecule has 0 unspecified atom stereocenters. The predicted molar refractivity (Wildman–Crippen MR) is 90.4 cm³/mol. The summed E-state index contributed by atoms with van der Waals surface area (Å²) in [6.45, 7) is 9.19. The Morgan fingerprint density at radius 2 is 1.60 bits per heavy atom. The molecule has 0 aliphatic heterocycles. The van der Waals surface area contributed by atoms with Crippen LogP contribution in [0.4, 0.5) is 0 Å². The molecule has 0 fully saturated rings. The van der Waals surface area contributed by atoms with E-state index in [9.17, 15) is 4.79 Å². The van der Waals surface area contributed by atoms with Gasteiger partial charge in [0.25, 0.3) is 0 Å². The molecular formula is C17H34O2S. The van der Waals surface area contributed by atoms with E-state index in [0.29, 0.717) is 13.0 Å². The molecule has 0 rings (SSSR count). The van der Waals surface area contributed by atoms with E-state index in [1.807, 2.05) is 18.7 Å². The lowest BCUT2D eigenvalue weighted by molar-refractivity contribution is -0.142. The number of hydrogen-bond acceptors (Lipinski definition) is 3. The Balaban J connectivity index is 3.51. The third-order valence-corrected chi connectivity index (χ3v) is 4.88. The summed E-state index contributed by atoms with van der Waals surface area (Å²) in [5, 5.41) is 0. The van der Waals surface area contributed by atoms with E-state index < -0.39 is 0 Å². The van der Waals surface area contributed by atoms with Gasteiger partial charge >= 0.3 is 5.97 Å². The number of carbonyl (C=O) groups is 1. The van der Waals surface area contributed by atoms with Gasteiger partial charge in [0.1, 0.15) is 0 Å². The highest BCUT2D eigenvalue weighted by Gasteiger charge is 2.18. The van der Waals surface area contributed by atoms with Crippen LogP contribution in [0.2, 0.25) is 0 Å². The third kappa shape index (κ3) is 12.8. The van der Waals surface area contributed by atoms with Crippen molar-refractivity contribution < 1.29 is 9.53 Å². The van der Waals surface area contributed by atoms with Gasteiger partial charge in [0, 0.05) is 10.5 Å². The number of carbonyl (C=O) groups excluding carboxylic acids is 1. The first-order valence-corrected chi connectivity index (χ1v) is 9.30. The van der Waals surface area contributed by atoms with Crippen LogP contribution in [0.3, 0.4) is 0 Å². The highest BCUT2D eigenvalue weighted by Crippen LogP contribution is 2.30. The third-order valence-electron chi connectivity index (χ3n) is 3.49. The molecule has 0 aromatic heterocycles. The molecule has 0 saturated heterocycles. The summed E-state index contributed by atoms with van der Waals surface area (Å²) in [5.41, 5.74) is 0. The van der Waals surface area contributed by atoms with Crippen LogP contribution in [-0.2, 0) is 9.53 Å². The number of hydrogen-bond donors (Lipinski definition) is 0.